The number of pyridine rings is 1. The van der Waals surface area contributed by atoms with E-state index in [0.717, 1.165) is 61.7 Å². The Kier molecular flexibility index (Phi) is 10.4. The van der Waals surface area contributed by atoms with E-state index in [2.05, 4.69) is 27.8 Å². The Hall–Kier alpha value is -4.13. The summed E-state index contributed by atoms with van der Waals surface area (Å²) in [6.07, 6.45) is 13.4. The van der Waals surface area contributed by atoms with Gasteiger partial charge in [-0.3, -0.25) is 18.9 Å². The van der Waals surface area contributed by atoms with Gasteiger partial charge in [0.15, 0.2) is 0 Å². The molecule has 230 valence electrons. The van der Waals surface area contributed by atoms with Crippen molar-refractivity contribution in [3.05, 3.63) is 92.8 Å². The molecule has 2 aliphatic carbocycles. The molecular weight excluding hydrogens is 576 g/mol. The minimum Gasteiger partial charge on any atom is -0.383 e. The summed E-state index contributed by atoms with van der Waals surface area (Å²) in [5, 5.41) is 17.2. The minimum absolute atomic E-state index is 0.0577. The first-order valence-electron chi connectivity index (χ1n) is 15.3. The first-order chi connectivity index (χ1) is 21.4. The maximum Gasteiger partial charge on any atom is 0.333 e. The number of ether oxygens (including phenoxy) is 1. The standard InChI is InChI=1S/C34H39ClN6O3/c1-23-29(19-26(35)21-38-23)33(42)39-27-14-12-24(13-15-27)22-40-31-10-6-7-11-32(31)41(34(40)43)30-9-5-3-4-8-28(18-25(30)20-36)37-16-17-44-2/h6-11,18-19,21,24,27,37H,3-5,12-17,22H2,1-2H3,(H,39,42)/b25-18-,28-8-,30-9+. The third kappa shape index (κ3) is 7.15. The molecule has 5 rings (SSSR count). The molecule has 3 aromatic rings. The molecule has 0 radical (unpaired) electrons. The number of nitrogens with one attached hydrogen (secondary N) is 2. The SMILES string of the molecule is COCCNC1=C\CCC\C=C(n2c(=O)n(CC3CCC(NC(=O)c4cc(Cl)cnc4C)CC3)c3ccccc32)/C(C#N)=C\1. The van der Waals surface area contributed by atoms with Crippen molar-refractivity contribution < 1.29 is 9.53 Å². The lowest BCUT2D eigenvalue weighted by molar-refractivity contribution is 0.0919. The summed E-state index contributed by atoms with van der Waals surface area (Å²) < 4.78 is 8.74. The number of benzene rings is 1. The highest BCUT2D eigenvalue weighted by Gasteiger charge is 2.26. The number of fused-ring (bicyclic) bond motifs is 1. The van der Waals surface area contributed by atoms with E-state index in [1.54, 1.807) is 30.9 Å². The molecule has 10 heteroatoms. The first-order valence-corrected chi connectivity index (χ1v) is 15.7. The van der Waals surface area contributed by atoms with Crippen molar-refractivity contribution in [3.63, 3.8) is 0 Å². The molecule has 1 saturated carbocycles. The highest BCUT2D eigenvalue weighted by molar-refractivity contribution is 6.30. The number of hydrogen-bond donors (Lipinski definition) is 2. The third-order valence-electron chi connectivity index (χ3n) is 8.44. The molecule has 44 heavy (non-hydrogen) atoms. The van der Waals surface area contributed by atoms with Gasteiger partial charge in [0.2, 0.25) is 0 Å². The molecule has 0 bridgehead atoms. The fraction of sp³-hybridized carbons (Fsp3) is 0.412. The van der Waals surface area contributed by atoms with Crippen molar-refractivity contribution in [1.29, 1.82) is 5.26 Å². The van der Waals surface area contributed by atoms with Gasteiger partial charge in [0.05, 0.1) is 45.2 Å². The molecule has 0 unspecified atom stereocenters. The zero-order chi connectivity index (χ0) is 31.1. The maximum absolute atomic E-state index is 14.2. The molecule has 2 aromatic heterocycles. The van der Waals surface area contributed by atoms with E-state index in [-0.39, 0.29) is 23.6 Å². The van der Waals surface area contributed by atoms with Gasteiger partial charge in [0, 0.05) is 38.1 Å². The second-order valence-corrected chi connectivity index (χ2v) is 11.9. The fourth-order valence-electron chi connectivity index (χ4n) is 6.10. The van der Waals surface area contributed by atoms with E-state index in [1.807, 2.05) is 41.0 Å². The smallest absolute Gasteiger partial charge is 0.333 e. The summed E-state index contributed by atoms with van der Waals surface area (Å²) in [7, 11) is 1.66. The highest BCUT2D eigenvalue weighted by atomic mass is 35.5. The number of nitriles is 1. The summed E-state index contributed by atoms with van der Waals surface area (Å²) >= 11 is 6.07. The van der Waals surface area contributed by atoms with Gasteiger partial charge in [0.25, 0.3) is 5.91 Å². The summed E-state index contributed by atoms with van der Waals surface area (Å²) in [6.45, 7) is 3.55. The Morgan fingerprint density at radius 3 is 2.66 bits per heavy atom. The summed E-state index contributed by atoms with van der Waals surface area (Å²) in [4.78, 5) is 31.3. The third-order valence-corrected chi connectivity index (χ3v) is 8.65. The second-order valence-electron chi connectivity index (χ2n) is 11.5. The number of aryl methyl sites for hydroxylation is 1. The van der Waals surface area contributed by atoms with Crippen LogP contribution >= 0.6 is 11.6 Å². The van der Waals surface area contributed by atoms with Gasteiger partial charge in [-0.15, -0.1) is 0 Å². The number of carbonyl (C=O) groups excluding carboxylic acids is 1. The van der Waals surface area contributed by atoms with Crippen LogP contribution in [0.3, 0.4) is 0 Å². The van der Waals surface area contributed by atoms with Crippen molar-refractivity contribution >= 4 is 34.2 Å². The van der Waals surface area contributed by atoms with Crippen LogP contribution < -0.4 is 16.3 Å². The maximum atomic E-state index is 14.2. The molecule has 1 amide bonds. The van der Waals surface area contributed by atoms with Gasteiger partial charge in [-0.1, -0.05) is 35.9 Å². The van der Waals surface area contributed by atoms with Crippen LogP contribution in [0.5, 0.6) is 0 Å². The number of nitrogens with zero attached hydrogens (tertiary/aromatic N) is 4. The van der Waals surface area contributed by atoms with Gasteiger partial charge in [-0.2, -0.15) is 5.26 Å². The number of para-hydroxylation sites is 2. The fourth-order valence-corrected chi connectivity index (χ4v) is 6.26. The van der Waals surface area contributed by atoms with Crippen LogP contribution in [0.2, 0.25) is 5.02 Å². The number of amides is 1. The monoisotopic (exact) mass is 614 g/mol. The number of hydrogen-bond acceptors (Lipinski definition) is 6. The molecule has 0 aliphatic heterocycles. The largest absolute Gasteiger partial charge is 0.383 e. The topological polar surface area (TPSA) is 114 Å². The number of allylic oxidation sites excluding steroid dienone is 5. The average molecular weight is 615 g/mol. The van der Waals surface area contributed by atoms with E-state index in [1.165, 1.54) is 0 Å². The van der Waals surface area contributed by atoms with Crippen molar-refractivity contribution in [2.45, 2.75) is 64.5 Å². The number of methoxy groups -OCH3 is 1. The lowest BCUT2D eigenvalue weighted by Gasteiger charge is -2.29. The van der Waals surface area contributed by atoms with E-state index in [4.69, 9.17) is 16.3 Å². The zero-order valence-electron chi connectivity index (χ0n) is 25.3. The predicted octanol–water partition coefficient (Wildman–Crippen LogP) is 5.74. The van der Waals surface area contributed by atoms with Crippen molar-refractivity contribution in [2.24, 2.45) is 5.92 Å². The first kappa shape index (κ1) is 31.3. The normalized spacial score (nSPS) is 22.6. The molecule has 0 spiro atoms. The lowest BCUT2D eigenvalue weighted by Crippen LogP contribution is -2.39. The zero-order valence-corrected chi connectivity index (χ0v) is 26.1. The van der Waals surface area contributed by atoms with E-state index >= 15 is 0 Å². The van der Waals surface area contributed by atoms with Gasteiger partial charge >= 0.3 is 5.69 Å². The molecule has 0 saturated heterocycles. The molecule has 1 fully saturated rings. The summed E-state index contributed by atoms with van der Waals surface area (Å²) in [6, 6.07) is 11.9. The Morgan fingerprint density at radius 2 is 1.91 bits per heavy atom. The Labute approximate surface area is 262 Å². The molecule has 2 N–H and O–H groups in total. The Bertz CT molecular complexity index is 1700. The Morgan fingerprint density at radius 1 is 1.16 bits per heavy atom. The number of halogens is 1. The highest BCUT2D eigenvalue weighted by Crippen LogP contribution is 2.29. The number of carbonyl (C=O) groups is 1. The number of rotatable bonds is 9. The molecule has 9 nitrogen and oxygen atoms in total. The summed E-state index contributed by atoms with van der Waals surface area (Å²) in [5.74, 6) is 0.131. The number of imidazole rings is 1. The van der Waals surface area contributed by atoms with Gasteiger partial charge in [-0.05, 0) is 82.1 Å². The van der Waals surface area contributed by atoms with Gasteiger partial charge < -0.3 is 15.4 Å². The van der Waals surface area contributed by atoms with Crippen molar-refractivity contribution in [3.8, 4) is 6.07 Å². The molecular formula is C34H39ClN6O3. The van der Waals surface area contributed by atoms with E-state index in [0.29, 0.717) is 47.2 Å². The average Bonchev–Trinajstić information content (AvgIpc) is 3.34. The molecule has 2 aliphatic rings. The predicted molar refractivity (Wildman–Crippen MR) is 173 cm³/mol. The van der Waals surface area contributed by atoms with Crippen LogP contribution in [-0.2, 0) is 11.3 Å². The molecule has 0 atom stereocenters. The van der Waals surface area contributed by atoms with Crippen LogP contribution in [0.15, 0.2) is 70.8 Å². The van der Waals surface area contributed by atoms with Crippen molar-refractivity contribution in [2.75, 3.05) is 20.3 Å². The minimum atomic E-state index is -0.156. The van der Waals surface area contributed by atoms with Crippen LogP contribution in [-0.4, -0.2) is 46.3 Å². The lowest BCUT2D eigenvalue weighted by atomic mass is 9.85. The molecule has 2 heterocycles. The van der Waals surface area contributed by atoms with Crippen LogP contribution in [0.1, 0.15) is 61.0 Å². The number of aromatic nitrogens is 3. The van der Waals surface area contributed by atoms with E-state index in [9.17, 15) is 14.9 Å². The van der Waals surface area contributed by atoms with Crippen molar-refractivity contribution in [1.82, 2.24) is 24.8 Å². The quantitative estimate of drug-likeness (QED) is 0.297. The van der Waals surface area contributed by atoms with E-state index < -0.39 is 0 Å². The Balaban J connectivity index is 1.36. The second kappa shape index (κ2) is 14.6. The van der Waals surface area contributed by atoms with Crippen LogP contribution in [0.25, 0.3) is 16.7 Å². The summed E-state index contributed by atoms with van der Waals surface area (Å²) in [5.41, 5.74) is 4.55. The van der Waals surface area contributed by atoms with Crippen LogP contribution in [0.4, 0.5) is 0 Å². The van der Waals surface area contributed by atoms with Gasteiger partial charge in [-0.25, -0.2) is 4.79 Å². The van der Waals surface area contributed by atoms with Gasteiger partial charge in [0.1, 0.15) is 6.07 Å². The van der Waals surface area contributed by atoms with Crippen LogP contribution in [0, 0.1) is 24.2 Å². The molecule has 1 aromatic carbocycles.